The Morgan fingerprint density at radius 1 is 1.17 bits per heavy atom. The van der Waals surface area contributed by atoms with Crippen LogP contribution in [0.5, 0.6) is 0 Å². The maximum Gasteiger partial charge on any atom is 0.350 e. The van der Waals surface area contributed by atoms with E-state index in [1.54, 1.807) is 0 Å². The van der Waals surface area contributed by atoms with Crippen molar-refractivity contribution < 1.29 is 17.6 Å². The number of H-pyrrole nitrogens is 1. The number of hydrazine groups is 1. The third kappa shape index (κ3) is 4.51. The van der Waals surface area contributed by atoms with Crippen LogP contribution in [0.4, 0.5) is 20.6 Å². The van der Waals surface area contributed by atoms with E-state index in [4.69, 9.17) is 17.4 Å². The molecule has 0 spiro atoms. The molecule has 0 aliphatic rings. The van der Waals surface area contributed by atoms with Crippen LogP contribution in [0.15, 0.2) is 62.3 Å². The number of aromatic amines is 1. The van der Waals surface area contributed by atoms with Crippen molar-refractivity contribution in [3.63, 3.8) is 0 Å². The number of nitrogens with two attached hydrogens (primary N) is 1. The Kier molecular flexibility index (Phi) is 6.38. The van der Waals surface area contributed by atoms with Gasteiger partial charge in [0.1, 0.15) is 10.0 Å². The van der Waals surface area contributed by atoms with Crippen molar-refractivity contribution in [1.82, 2.24) is 14.0 Å². The number of amides is 2. The van der Waals surface area contributed by atoms with Gasteiger partial charge in [-0.25, -0.2) is 24.4 Å². The molecule has 0 radical (unpaired) electrons. The Labute approximate surface area is 205 Å². The first-order valence-electron chi connectivity index (χ1n) is 9.66. The second-order valence-electron chi connectivity index (χ2n) is 7.03. The molecule has 0 aliphatic heterocycles. The molecule has 0 fully saturated rings. The van der Waals surface area contributed by atoms with Crippen LogP contribution in [-0.2, 0) is 10.0 Å². The summed E-state index contributed by atoms with van der Waals surface area (Å²) in [4.78, 5) is 40.3. The number of hydrogen-bond acceptors (Lipinski definition) is 8. The van der Waals surface area contributed by atoms with Crippen molar-refractivity contribution in [2.75, 3.05) is 17.7 Å². The molecule has 0 unspecified atom stereocenters. The molecule has 0 aliphatic carbocycles. The summed E-state index contributed by atoms with van der Waals surface area (Å²) >= 11 is 6.48. The summed E-state index contributed by atoms with van der Waals surface area (Å²) in [5.74, 6) is 4.83. The summed E-state index contributed by atoms with van der Waals surface area (Å²) in [6, 6.07) is 9.08. The number of anilines is 2. The lowest BCUT2D eigenvalue weighted by molar-refractivity contribution is 0.236. The zero-order chi connectivity index (χ0) is 25.5. The average Bonchev–Trinajstić information content (AvgIpc) is 3.27. The van der Waals surface area contributed by atoms with Gasteiger partial charge in [0.25, 0.3) is 15.6 Å². The number of halogens is 2. The minimum Gasteiger partial charge on any atom is -0.386 e. The number of thiophene rings is 1. The van der Waals surface area contributed by atoms with E-state index in [0.29, 0.717) is 0 Å². The highest BCUT2D eigenvalue weighted by Gasteiger charge is 2.28. The first kappa shape index (κ1) is 24.4. The number of fused-ring (bicyclic) bond motifs is 1. The molecular formula is C20H16ClFN6O5S2. The molecule has 5 N–H and O–H groups in total. The zero-order valence-electron chi connectivity index (χ0n) is 17.7. The van der Waals surface area contributed by atoms with E-state index in [-0.39, 0.29) is 40.9 Å². The number of carbonyl (C=O) groups excluding carboxylic acids is 1. The van der Waals surface area contributed by atoms with Gasteiger partial charge in [0, 0.05) is 12.7 Å². The number of hydrogen-bond donors (Lipinski definition) is 4. The van der Waals surface area contributed by atoms with Gasteiger partial charge < -0.3 is 15.6 Å². The van der Waals surface area contributed by atoms with E-state index in [2.05, 4.69) is 15.6 Å². The molecule has 0 bridgehead atoms. The lowest BCUT2D eigenvalue weighted by Gasteiger charge is -2.16. The normalized spacial score (nSPS) is 11.4. The predicted octanol–water partition coefficient (Wildman–Crippen LogP) is 2.67. The van der Waals surface area contributed by atoms with E-state index in [0.717, 1.165) is 22.0 Å². The van der Waals surface area contributed by atoms with Gasteiger partial charge in [0.15, 0.2) is 0 Å². The lowest BCUT2D eigenvalue weighted by Crippen LogP contribution is -2.44. The quantitative estimate of drug-likeness (QED) is 0.173. The van der Waals surface area contributed by atoms with Crippen molar-refractivity contribution >= 4 is 61.3 Å². The second kappa shape index (κ2) is 9.14. The summed E-state index contributed by atoms with van der Waals surface area (Å²) in [7, 11) is -2.82. The van der Waals surface area contributed by atoms with Gasteiger partial charge in [0.05, 0.1) is 26.6 Å². The Morgan fingerprint density at radius 2 is 1.86 bits per heavy atom. The maximum absolute atomic E-state index is 14.2. The zero-order valence-corrected chi connectivity index (χ0v) is 20.1. The van der Waals surface area contributed by atoms with Gasteiger partial charge >= 0.3 is 11.7 Å². The first-order valence-corrected chi connectivity index (χ1v) is 12.3. The maximum atomic E-state index is 14.2. The van der Waals surface area contributed by atoms with Crippen LogP contribution < -0.4 is 27.7 Å². The van der Waals surface area contributed by atoms with Crippen molar-refractivity contribution in [3.05, 3.63) is 79.5 Å². The number of urea groups is 1. The molecular weight excluding hydrogens is 523 g/mol. The number of rotatable bonds is 5. The number of sulfonamides is 1. The van der Waals surface area contributed by atoms with E-state index in [1.807, 2.05) is 0 Å². The summed E-state index contributed by atoms with van der Waals surface area (Å²) in [5.41, 5.74) is -0.994. The number of benzene rings is 2. The van der Waals surface area contributed by atoms with Crippen molar-refractivity contribution in [3.8, 4) is 5.69 Å². The molecule has 2 heterocycles. The van der Waals surface area contributed by atoms with Crippen LogP contribution in [0.2, 0.25) is 4.34 Å². The summed E-state index contributed by atoms with van der Waals surface area (Å²) < 4.78 is 39.9. The second-order valence-corrected chi connectivity index (χ2v) is 10.8. The third-order valence-electron chi connectivity index (χ3n) is 4.89. The van der Waals surface area contributed by atoms with Crippen molar-refractivity contribution in [2.24, 2.45) is 5.84 Å². The highest BCUT2D eigenvalue weighted by molar-refractivity contribution is 7.91. The minimum atomic E-state index is -4.32. The monoisotopic (exact) mass is 538 g/mol. The van der Waals surface area contributed by atoms with Crippen LogP contribution in [0, 0.1) is 5.82 Å². The largest absolute Gasteiger partial charge is 0.386 e. The van der Waals surface area contributed by atoms with Crippen molar-refractivity contribution in [1.29, 1.82) is 0 Å². The van der Waals surface area contributed by atoms with E-state index in [9.17, 15) is 27.2 Å². The Bertz CT molecular complexity index is 1680. The van der Waals surface area contributed by atoms with Crippen LogP contribution in [0.3, 0.4) is 0 Å². The fraction of sp³-hybridized carbons (Fsp3) is 0.0500. The Balaban J connectivity index is 1.61. The smallest absolute Gasteiger partial charge is 0.350 e. The molecule has 2 aromatic heterocycles. The summed E-state index contributed by atoms with van der Waals surface area (Å²) in [6.07, 6.45) is 0. The van der Waals surface area contributed by atoms with Gasteiger partial charge in [-0.15, -0.1) is 15.8 Å². The highest BCUT2D eigenvalue weighted by atomic mass is 35.5. The highest BCUT2D eigenvalue weighted by Crippen LogP contribution is 2.27. The van der Waals surface area contributed by atoms with Crippen molar-refractivity contribution in [2.45, 2.75) is 4.21 Å². The summed E-state index contributed by atoms with van der Waals surface area (Å²) in [6.45, 7) is 0. The Hall–Kier alpha value is -3.72. The minimum absolute atomic E-state index is 0.0373. The van der Waals surface area contributed by atoms with Gasteiger partial charge in [0.2, 0.25) is 0 Å². The van der Waals surface area contributed by atoms with Crippen LogP contribution >= 0.6 is 22.9 Å². The van der Waals surface area contributed by atoms with Gasteiger partial charge in [-0.2, -0.15) is 8.42 Å². The molecule has 182 valence electrons. The standard InChI is InChI=1S/C20H16ClFN6O5S2/c1-24-15-9-14-12(8-13(15)22)18(29)27(19(30)26-14)11-4-2-10(3-5-11)25-20(31)28(23)35(32,33)17-7-6-16(21)34-17/h2-9,24H,23H2,1H3,(H,25,31)(H,26,30). The van der Waals surface area contributed by atoms with E-state index >= 15 is 0 Å². The fourth-order valence-electron chi connectivity index (χ4n) is 3.18. The first-order chi connectivity index (χ1) is 16.5. The number of nitrogens with zero attached hydrogens (tertiary/aromatic N) is 2. The number of carbonyl (C=O) groups is 1. The van der Waals surface area contributed by atoms with Crippen LogP contribution in [0.1, 0.15) is 0 Å². The molecule has 2 amide bonds. The van der Waals surface area contributed by atoms with Gasteiger partial charge in [-0.05, 0) is 48.5 Å². The molecule has 4 rings (SSSR count). The predicted molar refractivity (Wildman–Crippen MR) is 131 cm³/mol. The molecule has 15 heteroatoms. The molecule has 0 atom stereocenters. The summed E-state index contributed by atoms with van der Waals surface area (Å²) in [5, 5.41) is 4.89. The van der Waals surface area contributed by atoms with Crippen LogP contribution in [0.25, 0.3) is 16.6 Å². The average molecular weight is 539 g/mol. The third-order valence-corrected chi connectivity index (χ3v) is 8.13. The van der Waals surface area contributed by atoms with E-state index < -0.39 is 33.1 Å². The molecule has 4 aromatic rings. The molecule has 0 saturated carbocycles. The fourth-order valence-corrected chi connectivity index (χ4v) is 5.72. The van der Waals surface area contributed by atoms with Gasteiger partial charge in [-0.1, -0.05) is 11.6 Å². The SMILES string of the molecule is CNc1cc2[nH]c(=O)n(-c3ccc(NC(=O)N(N)S(=O)(=O)c4ccc(Cl)s4)cc3)c(=O)c2cc1F. The Morgan fingerprint density at radius 3 is 2.46 bits per heavy atom. The topological polar surface area (TPSA) is 159 Å². The van der Waals surface area contributed by atoms with Gasteiger partial charge in [-0.3, -0.25) is 4.79 Å². The molecule has 0 saturated heterocycles. The molecule has 11 nitrogen and oxygen atoms in total. The lowest BCUT2D eigenvalue weighted by atomic mass is 10.2. The molecule has 35 heavy (non-hydrogen) atoms. The molecule has 2 aromatic carbocycles. The van der Waals surface area contributed by atoms with Crippen LogP contribution in [-0.4, -0.2) is 35.5 Å². The van der Waals surface area contributed by atoms with E-state index in [1.165, 1.54) is 49.5 Å². The number of nitrogens with one attached hydrogen (secondary N) is 3. The number of aromatic nitrogens is 2.